The molecule has 2 aliphatic rings. The lowest BCUT2D eigenvalue weighted by Crippen LogP contribution is -2.39. The Bertz CT molecular complexity index is 497. The molecule has 0 unspecified atom stereocenters. The molecule has 0 aliphatic heterocycles. The van der Waals surface area contributed by atoms with Gasteiger partial charge in [0.25, 0.3) is 0 Å². The van der Waals surface area contributed by atoms with Crippen molar-refractivity contribution in [2.24, 2.45) is 5.92 Å². The van der Waals surface area contributed by atoms with Crippen molar-refractivity contribution >= 4 is 21.8 Å². The van der Waals surface area contributed by atoms with Crippen molar-refractivity contribution in [3.8, 4) is 0 Å². The molecule has 2 N–H and O–H groups in total. The first-order valence-corrected chi connectivity index (χ1v) is 8.16. The van der Waals surface area contributed by atoms with E-state index in [1.807, 2.05) is 12.1 Å². The number of halogens is 1. The Kier molecular flexibility index (Phi) is 4.13. The third-order valence-electron chi connectivity index (χ3n) is 4.45. The van der Waals surface area contributed by atoms with Gasteiger partial charge in [-0.15, -0.1) is 0 Å². The molecule has 3 rings (SSSR count). The predicted molar refractivity (Wildman–Crippen MR) is 81.4 cm³/mol. The average molecular weight is 338 g/mol. The quantitative estimate of drug-likeness (QED) is 0.890. The van der Waals surface area contributed by atoms with Crippen molar-refractivity contribution in [2.45, 2.75) is 50.2 Å². The average Bonchev–Trinajstić information content (AvgIpc) is 3.22. The summed E-state index contributed by atoms with van der Waals surface area (Å²) < 4.78 is 1.07. The van der Waals surface area contributed by atoms with E-state index >= 15 is 0 Å². The van der Waals surface area contributed by atoms with Crippen LogP contribution in [0.5, 0.6) is 0 Å². The van der Waals surface area contributed by atoms with Gasteiger partial charge in [0.1, 0.15) is 0 Å². The second-order valence-corrected chi connectivity index (χ2v) is 6.93. The number of carbonyl (C=O) groups is 1. The molecule has 1 amide bonds. The van der Waals surface area contributed by atoms with Crippen molar-refractivity contribution in [2.75, 3.05) is 0 Å². The van der Waals surface area contributed by atoms with Crippen molar-refractivity contribution in [3.63, 3.8) is 0 Å². The summed E-state index contributed by atoms with van der Waals surface area (Å²) in [7, 11) is 0. The molecule has 2 aliphatic carbocycles. The van der Waals surface area contributed by atoms with Crippen LogP contribution < -0.4 is 5.32 Å². The van der Waals surface area contributed by atoms with Gasteiger partial charge in [-0.25, -0.2) is 0 Å². The smallest absolute Gasteiger partial charge is 0.223 e. The predicted octanol–water partition coefficient (Wildman–Crippen LogP) is 2.97. The van der Waals surface area contributed by atoms with Crippen LogP contribution in [-0.4, -0.2) is 23.2 Å². The van der Waals surface area contributed by atoms with Gasteiger partial charge in [-0.1, -0.05) is 28.1 Å². The Labute approximate surface area is 127 Å². The standard InChI is InChI=1S/C16H20BrNO2/c17-11-3-1-2-10(8-11)14-9-15(14)16(20)18-12-4-6-13(19)7-5-12/h1-3,8,12-15,19H,4-7,9H2,(H,18,20)/t12?,13?,14-,15+/m1/s1. The van der Waals surface area contributed by atoms with Crippen LogP contribution in [0.4, 0.5) is 0 Å². The largest absolute Gasteiger partial charge is 0.393 e. The zero-order chi connectivity index (χ0) is 14.1. The lowest BCUT2D eigenvalue weighted by molar-refractivity contribution is -0.123. The van der Waals surface area contributed by atoms with E-state index in [1.54, 1.807) is 0 Å². The normalized spacial score (nSPS) is 32.7. The maximum atomic E-state index is 12.2. The van der Waals surface area contributed by atoms with E-state index < -0.39 is 0 Å². The zero-order valence-electron chi connectivity index (χ0n) is 11.4. The summed E-state index contributed by atoms with van der Waals surface area (Å²) >= 11 is 3.48. The second-order valence-electron chi connectivity index (χ2n) is 6.02. The molecule has 1 aromatic rings. The molecule has 2 saturated carbocycles. The van der Waals surface area contributed by atoms with Gasteiger partial charge in [0.15, 0.2) is 0 Å². The molecule has 20 heavy (non-hydrogen) atoms. The summed E-state index contributed by atoms with van der Waals surface area (Å²) in [5.74, 6) is 0.703. The summed E-state index contributed by atoms with van der Waals surface area (Å²) in [5.41, 5.74) is 1.25. The number of amides is 1. The summed E-state index contributed by atoms with van der Waals surface area (Å²) in [6, 6.07) is 8.49. The number of aliphatic hydroxyl groups excluding tert-OH is 1. The highest BCUT2D eigenvalue weighted by molar-refractivity contribution is 9.10. The summed E-state index contributed by atoms with van der Waals surface area (Å²) in [5, 5.41) is 12.6. The molecule has 0 radical (unpaired) electrons. The SMILES string of the molecule is O=C(NC1CCC(O)CC1)[C@H]1C[C@@H]1c1cccc(Br)c1. The molecular weight excluding hydrogens is 318 g/mol. The lowest BCUT2D eigenvalue weighted by Gasteiger charge is -2.26. The van der Waals surface area contributed by atoms with E-state index in [0.717, 1.165) is 36.6 Å². The molecule has 0 heterocycles. The number of aliphatic hydroxyl groups is 1. The molecule has 0 aromatic heterocycles. The van der Waals surface area contributed by atoms with Gasteiger partial charge < -0.3 is 10.4 Å². The van der Waals surface area contributed by atoms with Crippen LogP contribution in [0.2, 0.25) is 0 Å². The summed E-state index contributed by atoms with van der Waals surface area (Å²) in [6.45, 7) is 0. The van der Waals surface area contributed by atoms with E-state index in [-0.39, 0.29) is 24.0 Å². The fraction of sp³-hybridized carbons (Fsp3) is 0.562. The van der Waals surface area contributed by atoms with Crippen LogP contribution in [0.15, 0.2) is 28.7 Å². The maximum absolute atomic E-state index is 12.2. The molecule has 1 aromatic carbocycles. The minimum atomic E-state index is -0.168. The van der Waals surface area contributed by atoms with Crippen LogP contribution in [-0.2, 0) is 4.79 Å². The lowest BCUT2D eigenvalue weighted by atomic mass is 9.93. The topological polar surface area (TPSA) is 49.3 Å². The van der Waals surface area contributed by atoms with E-state index in [1.165, 1.54) is 5.56 Å². The second kappa shape index (κ2) is 5.86. The number of hydrogen-bond acceptors (Lipinski definition) is 2. The highest BCUT2D eigenvalue weighted by Crippen LogP contribution is 2.48. The fourth-order valence-corrected chi connectivity index (χ4v) is 3.54. The van der Waals surface area contributed by atoms with Crippen LogP contribution in [0, 0.1) is 5.92 Å². The molecule has 108 valence electrons. The highest BCUT2D eigenvalue weighted by atomic mass is 79.9. The van der Waals surface area contributed by atoms with Gasteiger partial charge in [0, 0.05) is 16.4 Å². The Morgan fingerprint density at radius 3 is 2.70 bits per heavy atom. The van der Waals surface area contributed by atoms with Gasteiger partial charge >= 0.3 is 0 Å². The van der Waals surface area contributed by atoms with Crippen molar-refractivity contribution < 1.29 is 9.90 Å². The number of benzene rings is 1. The van der Waals surface area contributed by atoms with E-state index in [4.69, 9.17) is 0 Å². The van der Waals surface area contributed by atoms with E-state index in [9.17, 15) is 9.90 Å². The van der Waals surface area contributed by atoms with Crippen LogP contribution in [0.3, 0.4) is 0 Å². The van der Waals surface area contributed by atoms with E-state index in [0.29, 0.717) is 5.92 Å². The van der Waals surface area contributed by atoms with Gasteiger partial charge in [-0.2, -0.15) is 0 Å². The monoisotopic (exact) mass is 337 g/mol. The molecule has 2 fully saturated rings. The summed E-state index contributed by atoms with van der Waals surface area (Å²) in [6.07, 6.45) is 4.22. The molecule has 4 heteroatoms. The third-order valence-corrected chi connectivity index (χ3v) is 4.94. The van der Waals surface area contributed by atoms with E-state index in [2.05, 4.69) is 33.4 Å². The number of rotatable bonds is 3. The maximum Gasteiger partial charge on any atom is 0.223 e. The molecule has 0 saturated heterocycles. The van der Waals surface area contributed by atoms with Gasteiger partial charge in [-0.05, 0) is 55.7 Å². The first-order chi connectivity index (χ1) is 9.63. The molecule has 3 nitrogen and oxygen atoms in total. The minimum absolute atomic E-state index is 0.135. The highest BCUT2D eigenvalue weighted by Gasteiger charge is 2.44. The minimum Gasteiger partial charge on any atom is -0.393 e. The van der Waals surface area contributed by atoms with Crippen molar-refractivity contribution in [1.29, 1.82) is 0 Å². The van der Waals surface area contributed by atoms with Crippen molar-refractivity contribution in [1.82, 2.24) is 5.32 Å². The van der Waals surface area contributed by atoms with Crippen LogP contribution in [0.25, 0.3) is 0 Å². The fourth-order valence-electron chi connectivity index (χ4n) is 3.12. The van der Waals surface area contributed by atoms with Gasteiger partial charge in [-0.3, -0.25) is 4.79 Å². The van der Waals surface area contributed by atoms with Crippen LogP contribution in [0.1, 0.15) is 43.6 Å². The Morgan fingerprint density at radius 2 is 2.00 bits per heavy atom. The molecule has 0 spiro atoms. The Balaban J connectivity index is 1.53. The van der Waals surface area contributed by atoms with Gasteiger partial charge in [0.2, 0.25) is 5.91 Å². The zero-order valence-corrected chi connectivity index (χ0v) is 13.0. The first-order valence-electron chi connectivity index (χ1n) is 7.37. The number of carbonyl (C=O) groups excluding carboxylic acids is 1. The number of nitrogens with one attached hydrogen (secondary N) is 1. The molecule has 0 bridgehead atoms. The first kappa shape index (κ1) is 14.1. The number of hydrogen-bond donors (Lipinski definition) is 2. The molecule has 2 atom stereocenters. The van der Waals surface area contributed by atoms with Crippen LogP contribution >= 0.6 is 15.9 Å². The summed E-state index contributed by atoms with van der Waals surface area (Å²) in [4.78, 5) is 12.2. The van der Waals surface area contributed by atoms with Crippen molar-refractivity contribution in [3.05, 3.63) is 34.3 Å². The molecular formula is C16H20BrNO2. The van der Waals surface area contributed by atoms with Gasteiger partial charge in [0.05, 0.1) is 6.10 Å². The Morgan fingerprint density at radius 1 is 1.25 bits per heavy atom. The Hall–Kier alpha value is -0.870. The third kappa shape index (κ3) is 3.23.